The monoisotopic (exact) mass is 494 g/mol. The second-order valence-electron chi connectivity index (χ2n) is 9.06. The fourth-order valence-corrected chi connectivity index (χ4v) is 5.78. The van der Waals surface area contributed by atoms with Gasteiger partial charge in [0, 0.05) is 18.2 Å². The number of rotatable bonds is 8. The lowest BCUT2D eigenvalue weighted by Gasteiger charge is -2.21. The lowest BCUT2D eigenvalue weighted by Crippen LogP contribution is -2.45. The average molecular weight is 495 g/mol. The van der Waals surface area contributed by atoms with Gasteiger partial charge in [0.15, 0.2) is 9.84 Å². The van der Waals surface area contributed by atoms with E-state index >= 15 is 0 Å². The highest BCUT2D eigenvalue weighted by molar-refractivity contribution is 7.99. The van der Waals surface area contributed by atoms with Crippen molar-refractivity contribution in [3.63, 3.8) is 0 Å². The maximum atomic E-state index is 12.6. The van der Waals surface area contributed by atoms with E-state index in [1.807, 2.05) is 24.3 Å². The van der Waals surface area contributed by atoms with Crippen LogP contribution in [0.25, 0.3) is 11.5 Å². The minimum Gasteiger partial charge on any atom is -0.411 e. The zero-order valence-electron chi connectivity index (χ0n) is 19.3. The Morgan fingerprint density at radius 1 is 1.21 bits per heavy atom. The second-order valence-corrected chi connectivity index (χ2v) is 12.2. The molecule has 1 aromatic carbocycles. The lowest BCUT2D eigenvalue weighted by atomic mass is 9.87. The number of sulfone groups is 1. The minimum atomic E-state index is -3.08. The van der Waals surface area contributed by atoms with E-state index in [1.54, 1.807) is 6.92 Å². The number of hydrogen-bond donors (Lipinski definition) is 1. The lowest BCUT2D eigenvalue weighted by molar-refractivity contribution is -0.134. The molecule has 1 fully saturated rings. The van der Waals surface area contributed by atoms with Crippen LogP contribution in [0.2, 0.25) is 0 Å². The van der Waals surface area contributed by atoms with E-state index in [1.165, 1.54) is 10.5 Å². The molecule has 0 saturated carbocycles. The van der Waals surface area contributed by atoms with Crippen LogP contribution >= 0.6 is 11.8 Å². The first-order chi connectivity index (χ1) is 15.5. The smallest absolute Gasteiger partial charge is 0.277 e. The Hall–Kier alpha value is -2.40. The Morgan fingerprint density at radius 2 is 1.91 bits per heavy atom. The Balaban J connectivity index is 1.51. The number of likely N-dealkylation sites (N-methyl/N-ethyl adjacent to an activating group) is 1. The van der Waals surface area contributed by atoms with Crippen LogP contribution in [0.3, 0.4) is 0 Å². The van der Waals surface area contributed by atoms with Gasteiger partial charge in [0.1, 0.15) is 0 Å². The molecule has 2 aromatic rings. The summed E-state index contributed by atoms with van der Waals surface area (Å²) in [5, 5.41) is 11.0. The SMILES string of the molecule is CCN(CC(=O)NC1CCS(=O)(=O)C1)C(=O)CSc1nnc(-c2ccc(C(C)(C)C)cc2)o1. The second kappa shape index (κ2) is 10.3. The van der Waals surface area contributed by atoms with Gasteiger partial charge in [-0.25, -0.2) is 8.42 Å². The molecule has 11 heteroatoms. The quantitative estimate of drug-likeness (QED) is 0.555. The van der Waals surface area contributed by atoms with Crippen molar-refractivity contribution in [1.82, 2.24) is 20.4 Å². The van der Waals surface area contributed by atoms with Gasteiger partial charge >= 0.3 is 0 Å². The summed E-state index contributed by atoms with van der Waals surface area (Å²) in [6.45, 7) is 8.43. The van der Waals surface area contributed by atoms with Crippen molar-refractivity contribution in [1.29, 1.82) is 0 Å². The van der Waals surface area contributed by atoms with Gasteiger partial charge in [-0.2, -0.15) is 0 Å². The van der Waals surface area contributed by atoms with Crippen molar-refractivity contribution in [3.8, 4) is 11.5 Å². The van der Waals surface area contributed by atoms with E-state index in [0.29, 0.717) is 18.9 Å². The summed E-state index contributed by atoms with van der Waals surface area (Å²) < 4.78 is 28.8. The van der Waals surface area contributed by atoms with Crippen LogP contribution in [-0.4, -0.2) is 71.7 Å². The largest absolute Gasteiger partial charge is 0.411 e. The van der Waals surface area contributed by atoms with Crippen molar-refractivity contribution in [3.05, 3.63) is 29.8 Å². The van der Waals surface area contributed by atoms with Gasteiger partial charge in [-0.15, -0.1) is 10.2 Å². The molecule has 1 aliphatic rings. The van der Waals surface area contributed by atoms with Crippen LogP contribution in [0, 0.1) is 0 Å². The number of carbonyl (C=O) groups is 2. The number of nitrogens with one attached hydrogen (secondary N) is 1. The predicted octanol–water partition coefficient (Wildman–Crippen LogP) is 2.28. The summed E-state index contributed by atoms with van der Waals surface area (Å²) >= 11 is 1.11. The normalized spacial score (nSPS) is 17.6. The molecular formula is C22H30N4O5S2. The third kappa shape index (κ3) is 7.04. The fourth-order valence-electron chi connectivity index (χ4n) is 3.44. The zero-order valence-corrected chi connectivity index (χ0v) is 21.0. The van der Waals surface area contributed by atoms with E-state index in [0.717, 1.165) is 17.3 Å². The van der Waals surface area contributed by atoms with E-state index in [4.69, 9.17) is 4.42 Å². The minimum absolute atomic E-state index is 0.0452. The van der Waals surface area contributed by atoms with Crippen LogP contribution in [-0.2, 0) is 24.8 Å². The first-order valence-corrected chi connectivity index (χ1v) is 13.6. The van der Waals surface area contributed by atoms with Crippen molar-refractivity contribution in [2.24, 2.45) is 0 Å². The summed E-state index contributed by atoms with van der Waals surface area (Å²) in [6.07, 6.45) is 0.405. The number of hydrogen-bond acceptors (Lipinski definition) is 8. The topological polar surface area (TPSA) is 122 Å². The molecular weight excluding hydrogens is 464 g/mol. The summed E-state index contributed by atoms with van der Waals surface area (Å²) in [4.78, 5) is 26.2. The molecule has 180 valence electrons. The molecule has 2 heterocycles. The zero-order chi connectivity index (χ0) is 24.2. The van der Waals surface area contributed by atoms with Gasteiger partial charge in [0.2, 0.25) is 17.7 Å². The third-order valence-corrected chi connectivity index (χ3v) is 7.96. The molecule has 0 aliphatic carbocycles. The molecule has 33 heavy (non-hydrogen) atoms. The van der Waals surface area contributed by atoms with Gasteiger partial charge < -0.3 is 14.6 Å². The van der Waals surface area contributed by atoms with Gasteiger partial charge in [0.25, 0.3) is 5.22 Å². The summed E-state index contributed by atoms with van der Waals surface area (Å²) in [7, 11) is -3.08. The summed E-state index contributed by atoms with van der Waals surface area (Å²) in [5.41, 5.74) is 2.05. The summed E-state index contributed by atoms with van der Waals surface area (Å²) in [5.74, 6) is -0.153. The maximum absolute atomic E-state index is 12.6. The number of benzene rings is 1. The van der Waals surface area contributed by atoms with Gasteiger partial charge in [-0.1, -0.05) is 44.7 Å². The molecule has 0 radical (unpaired) electrons. The van der Waals surface area contributed by atoms with E-state index in [2.05, 4.69) is 36.3 Å². The molecule has 1 N–H and O–H groups in total. The predicted molar refractivity (Wildman–Crippen MR) is 127 cm³/mol. The van der Waals surface area contributed by atoms with E-state index in [-0.39, 0.29) is 52.3 Å². The van der Waals surface area contributed by atoms with Gasteiger partial charge in [-0.3, -0.25) is 9.59 Å². The molecule has 1 atom stereocenters. The highest BCUT2D eigenvalue weighted by atomic mass is 32.2. The Bertz CT molecular complexity index is 1090. The number of aromatic nitrogens is 2. The first kappa shape index (κ1) is 25.2. The molecule has 1 aromatic heterocycles. The standard InChI is InChI=1S/C22H30N4O5S2/c1-5-26(12-18(27)23-17-10-11-33(29,30)14-17)19(28)13-32-21-25-24-20(31-21)15-6-8-16(9-7-15)22(2,3)4/h6-9,17H,5,10-14H2,1-4H3,(H,23,27). The van der Waals surface area contributed by atoms with Gasteiger partial charge in [0.05, 0.1) is 23.8 Å². The Kier molecular flexibility index (Phi) is 7.84. The van der Waals surface area contributed by atoms with Crippen molar-refractivity contribution >= 4 is 33.4 Å². The van der Waals surface area contributed by atoms with Crippen molar-refractivity contribution in [2.75, 3.05) is 30.3 Å². The highest BCUT2D eigenvalue weighted by Gasteiger charge is 2.29. The molecule has 1 saturated heterocycles. The number of thioether (sulfide) groups is 1. The first-order valence-electron chi connectivity index (χ1n) is 10.8. The molecule has 0 bridgehead atoms. The molecule has 9 nitrogen and oxygen atoms in total. The van der Waals surface area contributed by atoms with E-state index in [9.17, 15) is 18.0 Å². The Morgan fingerprint density at radius 3 is 2.48 bits per heavy atom. The molecule has 2 amide bonds. The Labute approximate surface area is 198 Å². The van der Waals surface area contributed by atoms with E-state index < -0.39 is 9.84 Å². The maximum Gasteiger partial charge on any atom is 0.277 e. The van der Waals surface area contributed by atoms with Crippen LogP contribution in [0.1, 0.15) is 39.7 Å². The molecule has 0 spiro atoms. The third-order valence-electron chi connectivity index (χ3n) is 5.39. The van der Waals surface area contributed by atoms with Crippen molar-refractivity contribution in [2.45, 2.75) is 50.8 Å². The molecule has 3 rings (SSSR count). The van der Waals surface area contributed by atoms with Gasteiger partial charge in [-0.05, 0) is 36.5 Å². The number of nitrogens with zero attached hydrogens (tertiary/aromatic N) is 3. The van der Waals surface area contributed by atoms with Crippen LogP contribution in [0.15, 0.2) is 33.9 Å². The highest BCUT2D eigenvalue weighted by Crippen LogP contribution is 2.27. The fraction of sp³-hybridized carbons (Fsp3) is 0.545. The number of amides is 2. The molecule has 1 unspecified atom stereocenters. The molecule has 1 aliphatic heterocycles. The van der Waals surface area contributed by atoms with Crippen LogP contribution < -0.4 is 5.32 Å². The van der Waals surface area contributed by atoms with Crippen LogP contribution in [0.5, 0.6) is 0 Å². The van der Waals surface area contributed by atoms with Crippen LogP contribution in [0.4, 0.5) is 0 Å². The summed E-state index contributed by atoms with van der Waals surface area (Å²) in [6, 6.07) is 7.53. The van der Waals surface area contributed by atoms with Crippen molar-refractivity contribution < 1.29 is 22.4 Å². The average Bonchev–Trinajstić information content (AvgIpc) is 3.35. The number of carbonyl (C=O) groups excluding carboxylic acids is 2.